The highest BCUT2D eigenvalue weighted by molar-refractivity contribution is 7.19. The maximum atomic E-state index is 12.0. The molecule has 2 aromatic heterocycles. The molecule has 0 spiro atoms. The number of nitrogens with one attached hydrogen (secondary N) is 1. The van der Waals surface area contributed by atoms with Crippen molar-refractivity contribution in [1.82, 2.24) is 14.8 Å². The van der Waals surface area contributed by atoms with Crippen molar-refractivity contribution in [3.63, 3.8) is 0 Å². The number of fused-ring (bicyclic) bond motifs is 3. The molecule has 0 aromatic carbocycles. The average molecular weight is 332 g/mol. The zero-order valence-corrected chi connectivity index (χ0v) is 14.7. The molecule has 1 unspecified atom stereocenters. The minimum atomic E-state index is -0.133. The first kappa shape index (κ1) is 15.9. The fourth-order valence-electron chi connectivity index (χ4n) is 3.05. The minimum Gasteiger partial charge on any atom is -0.302 e. The van der Waals surface area contributed by atoms with Crippen molar-refractivity contribution in [2.75, 3.05) is 5.32 Å². The Labute approximate surface area is 138 Å². The van der Waals surface area contributed by atoms with Crippen LogP contribution >= 0.6 is 11.3 Å². The molecule has 6 nitrogen and oxygen atoms in total. The molecule has 1 N–H and O–H groups in total. The van der Waals surface area contributed by atoms with Gasteiger partial charge in [0.2, 0.25) is 5.91 Å². The van der Waals surface area contributed by atoms with Gasteiger partial charge >= 0.3 is 0 Å². The molecule has 1 aliphatic rings. The van der Waals surface area contributed by atoms with Gasteiger partial charge in [0.1, 0.15) is 5.69 Å². The van der Waals surface area contributed by atoms with Gasteiger partial charge in [-0.05, 0) is 26.2 Å². The zero-order chi connectivity index (χ0) is 16.9. The van der Waals surface area contributed by atoms with Crippen molar-refractivity contribution in [2.45, 2.75) is 53.0 Å². The molecule has 0 fully saturated rings. The quantitative estimate of drug-likeness (QED) is 0.874. The summed E-state index contributed by atoms with van der Waals surface area (Å²) in [5.41, 5.74) is 3.52. The summed E-state index contributed by atoms with van der Waals surface area (Å²) in [4.78, 5) is 28.9. The van der Waals surface area contributed by atoms with Crippen LogP contribution in [0.5, 0.6) is 0 Å². The van der Waals surface area contributed by atoms with Crippen molar-refractivity contribution in [2.24, 2.45) is 0 Å². The molecule has 2 heterocycles. The molecule has 0 radical (unpaired) electrons. The third-order valence-corrected chi connectivity index (χ3v) is 4.98. The lowest BCUT2D eigenvalue weighted by atomic mass is 9.87. The van der Waals surface area contributed by atoms with E-state index in [-0.39, 0.29) is 23.7 Å². The van der Waals surface area contributed by atoms with E-state index in [0.717, 1.165) is 28.2 Å². The SMILES string of the molecule is CC(=O)Nc1nc2c(s1)-c1c(c(C(C)=O)nn1C(C)C)C(C)C2. The van der Waals surface area contributed by atoms with E-state index >= 15 is 0 Å². The predicted molar refractivity (Wildman–Crippen MR) is 90.1 cm³/mol. The number of ketones is 1. The second-order valence-corrected chi connectivity index (χ2v) is 7.29. The van der Waals surface area contributed by atoms with E-state index < -0.39 is 0 Å². The van der Waals surface area contributed by atoms with Crippen LogP contribution in [0.1, 0.15) is 68.3 Å². The zero-order valence-electron chi connectivity index (χ0n) is 13.9. The summed E-state index contributed by atoms with van der Waals surface area (Å²) < 4.78 is 1.91. The van der Waals surface area contributed by atoms with Gasteiger partial charge < -0.3 is 5.32 Å². The fourth-order valence-corrected chi connectivity index (χ4v) is 4.14. The van der Waals surface area contributed by atoms with E-state index in [1.807, 2.05) is 18.5 Å². The monoisotopic (exact) mass is 332 g/mol. The number of hydrogen-bond acceptors (Lipinski definition) is 5. The van der Waals surface area contributed by atoms with Crippen LogP contribution in [-0.4, -0.2) is 26.5 Å². The summed E-state index contributed by atoms with van der Waals surface area (Å²) in [6.07, 6.45) is 0.752. The summed E-state index contributed by atoms with van der Waals surface area (Å²) in [7, 11) is 0. The van der Waals surface area contributed by atoms with Crippen molar-refractivity contribution >= 4 is 28.2 Å². The molecule has 3 rings (SSSR count). The van der Waals surface area contributed by atoms with Gasteiger partial charge in [-0.3, -0.25) is 14.3 Å². The molecule has 7 heteroatoms. The fraction of sp³-hybridized carbons (Fsp3) is 0.500. The summed E-state index contributed by atoms with van der Waals surface area (Å²) in [5, 5.41) is 7.93. The Morgan fingerprint density at radius 3 is 2.61 bits per heavy atom. The van der Waals surface area contributed by atoms with E-state index in [2.05, 4.69) is 22.3 Å². The van der Waals surface area contributed by atoms with E-state index in [1.54, 1.807) is 6.92 Å². The Balaban J connectivity index is 2.23. The van der Waals surface area contributed by atoms with Gasteiger partial charge in [-0.25, -0.2) is 4.98 Å². The van der Waals surface area contributed by atoms with E-state index in [0.29, 0.717) is 10.8 Å². The van der Waals surface area contributed by atoms with Crippen LogP contribution in [-0.2, 0) is 11.2 Å². The van der Waals surface area contributed by atoms with Gasteiger partial charge in [-0.1, -0.05) is 18.3 Å². The molecule has 122 valence electrons. The highest BCUT2D eigenvalue weighted by Crippen LogP contribution is 2.46. The number of nitrogens with zero attached hydrogens (tertiary/aromatic N) is 3. The Morgan fingerprint density at radius 2 is 2.04 bits per heavy atom. The molecule has 23 heavy (non-hydrogen) atoms. The Morgan fingerprint density at radius 1 is 1.35 bits per heavy atom. The second kappa shape index (κ2) is 5.56. The van der Waals surface area contributed by atoms with Crippen LogP contribution in [0.4, 0.5) is 5.13 Å². The molecule has 0 saturated carbocycles. The maximum Gasteiger partial charge on any atom is 0.223 e. The number of carbonyl (C=O) groups is 2. The summed E-state index contributed by atoms with van der Waals surface area (Å²) in [6.45, 7) is 9.22. The first-order valence-corrected chi connectivity index (χ1v) is 8.52. The van der Waals surface area contributed by atoms with Gasteiger partial charge in [-0.15, -0.1) is 0 Å². The molecule has 0 aliphatic heterocycles. The van der Waals surface area contributed by atoms with Crippen LogP contribution in [0, 0.1) is 0 Å². The highest BCUT2D eigenvalue weighted by Gasteiger charge is 2.34. The number of aromatic nitrogens is 3. The predicted octanol–water partition coefficient (Wildman–Crippen LogP) is 3.41. The molecular weight excluding hydrogens is 312 g/mol. The normalized spacial score (nSPS) is 16.2. The molecule has 0 saturated heterocycles. The lowest BCUT2D eigenvalue weighted by Crippen LogP contribution is -2.12. The van der Waals surface area contributed by atoms with Crippen molar-refractivity contribution in [1.29, 1.82) is 0 Å². The molecule has 1 atom stereocenters. The first-order chi connectivity index (χ1) is 10.8. The Kier molecular flexibility index (Phi) is 3.83. The van der Waals surface area contributed by atoms with Crippen LogP contribution in [0.3, 0.4) is 0 Å². The van der Waals surface area contributed by atoms with Crippen molar-refractivity contribution in [3.05, 3.63) is 17.0 Å². The number of rotatable bonds is 3. The van der Waals surface area contributed by atoms with Gasteiger partial charge in [0.15, 0.2) is 10.9 Å². The number of carbonyl (C=O) groups excluding carboxylic acids is 2. The van der Waals surface area contributed by atoms with E-state index in [9.17, 15) is 9.59 Å². The van der Waals surface area contributed by atoms with Crippen molar-refractivity contribution < 1.29 is 9.59 Å². The van der Waals surface area contributed by atoms with Crippen LogP contribution in [0.15, 0.2) is 0 Å². The van der Waals surface area contributed by atoms with E-state index in [1.165, 1.54) is 18.3 Å². The standard InChI is InChI=1S/C16H20N4O2S/c1-7(2)20-14-12(13(19-20)9(4)21)8(3)6-11-15(14)23-16(18-11)17-10(5)22/h7-8H,6H2,1-5H3,(H,17,18,22). The smallest absolute Gasteiger partial charge is 0.223 e. The third-order valence-electron chi connectivity index (χ3n) is 3.96. The molecule has 1 amide bonds. The maximum absolute atomic E-state index is 12.0. The Hall–Kier alpha value is -2.02. The van der Waals surface area contributed by atoms with Gasteiger partial charge in [-0.2, -0.15) is 5.10 Å². The number of hydrogen-bond donors (Lipinski definition) is 1. The lowest BCUT2D eigenvalue weighted by molar-refractivity contribution is -0.114. The number of anilines is 1. The van der Waals surface area contributed by atoms with Crippen LogP contribution in [0.25, 0.3) is 10.6 Å². The van der Waals surface area contributed by atoms with Gasteiger partial charge in [0, 0.05) is 25.5 Å². The number of thiazole rings is 1. The molecule has 0 bridgehead atoms. The third kappa shape index (κ3) is 2.59. The topological polar surface area (TPSA) is 76.9 Å². The lowest BCUT2D eigenvalue weighted by Gasteiger charge is -2.20. The average Bonchev–Trinajstić information content (AvgIpc) is 2.98. The van der Waals surface area contributed by atoms with Gasteiger partial charge in [0.05, 0.1) is 16.3 Å². The Bertz CT molecular complexity index is 803. The van der Waals surface area contributed by atoms with Gasteiger partial charge in [0.25, 0.3) is 0 Å². The second-order valence-electron chi connectivity index (χ2n) is 6.29. The summed E-state index contributed by atoms with van der Waals surface area (Å²) in [6, 6.07) is 0.140. The van der Waals surface area contributed by atoms with Crippen LogP contribution in [0.2, 0.25) is 0 Å². The van der Waals surface area contributed by atoms with Crippen LogP contribution < -0.4 is 5.32 Å². The first-order valence-electron chi connectivity index (χ1n) is 7.70. The highest BCUT2D eigenvalue weighted by atomic mass is 32.1. The largest absolute Gasteiger partial charge is 0.302 e. The molecule has 2 aromatic rings. The summed E-state index contributed by atoms with van der Waals surface area (Å²) in [5.74, 6) is 0.0323. The number of amides is 1. The molecular formula is C16H20N4O2S. The van der Waals surface area contributed by atoms with Crippen molar-refractivity contribution in [3.8, 4) is 10.6 Å². The molecule has 1 aliphatic carbocycles. The van der Waals surface area contributed by atoms with E-state index in [4.69, 9.17) is 0 Å². The minimum absolute atomic E-state index is 0.0115. The summed E-state index contributed by atoms with van der Waals surface area (Å²) >= 11 is 1.45. The number of Topliss-reactive ketones (excluding diaryl/α,β-unsaturated/α-hetero) is 1.